The predicted molar refractivity (Wildman–Crippen MR) is 95.2 cm³/mol. The Kier molecular flexibility index (Phi) is 5.29. The van der Waals surface area contributed by atoms with Gasteiger partial charge in [-0.25, -0.2) is 13.1 Å². The Balaban J connectivity index is 1.79. The number of nitrogens with zero attached hydrogens (tertiary/aromatic N) is 1. The average molecular weight is 364 g/mol. The molecule has 136 valence electrons. The molecule has 25 heavy (non-hydrogen) atoms. The molecule has 1 aromatic heterocycles. The maximum absolute atomic E-state index is 12.8. The van der Waals surface area contributed by atoms with E-state index in [9.17, 15) is 8.42 Å². The summed E-state index contributed by atoms with van der Waals surface area (Å²) in [5.41, 5.74) is 2.15. The van der Waals surface area contributed by atoms with Crippen LogP contribution >= 0.6 is 0 Å². The van der Waals surface area contributed by atoms with Crippen LogP contribution in [0.3, 0.4) is 0 Å². The second-order valence-electron chi connectivity index (χ2n) is 6.59. The molecule has 1 N–H and O–H groups in total. The summed E-state index contributed by atoms with van der Waals surface area (Å²) in [6, 6.07) is 11.2. The Morgan fingerprint density at radius 1 is 1.24 bits per heavy atom. The summed E-state index contributed by atoms with van der Waals surface area (Å²) in [7, 11) is -1.80. The molecule has 1 aromatic carbocycles. The predicted octanol–water partition coefficient (Wildman–Crippen LogP) is 2.81. The highest BCUT2D eigenvalue weighted by Crippen LogP contribution is 2.33. The van der Waals surface area contributed by atoms with Crippen molar-refractivity contribution in [3.63, 3.8) is 0 Å². The van der Waals surface area contributed by atoms with Crippen molar-refractivity contribution in [1.82, 2.24) is 9.79 Å². The van der Waals surface area contributed by atoms with Crippen molar-refractivity contribution in [2.24, 2.45) is 0 Å². The fourth-order valence-electron chi connectivity index (χ4n) is 3.05. The summed E-state index contributed by atoms with van der Waals surface area (Å²) in [6.45, 7) is 4.52. The first kappa shape index (κ1) is 18.1. The van der Waals surface area contributed by atoms with Crippen molar-refractivity contribution < 1.29 is 17.7 Å². The van der Waals surface area contributed by atoms with Gasteiger partial charge < -0.3 is 4.42 Å². The van der Waals surface area contributed by atoms with Gasteiger partial charge in [-0.2, -0.15) is 5.06 Å². The van der Waals surface area contributed by atoms with Crippen LogP contribution in [0.1, 0.15) is 42.7 Å². The van der Waals surface area contributed by atoms with Crippen LogP contribution in [0.4, 0.5) is 0 Å². The number of sulfonamides is 1. The molecule has 7 heteroatoms. The van der Waals surface area contributed by atoms with E-state index in [4.69, 9.17) is 9.25 Å². The molecule has 0 bridgehead atoms. The van der Waals surface area contributed by atoms with Crippen LogP contribution < -0.4 is 4.72 Å². The van der Waals surface area contributed by atoms with Crippen molar-refractivity contribution in [2.45, 2.75) is 37.6 Å². The van der Waals surface area contributed by atoms with Crippen molar-refractivity contribution in [1.29, 1.82) is 0 Å². The molecule has 0 spiro atoms. The summed E-state index contributed by atoms with van der Waals surface area (Å²) in [6.07, 6.45) is 1.52. The van der Waals surface area contributed by atoms with Crippen LogP contribution in [0, 0.1) is 0 Å². The molecule has 1 aliphatic rings. The molecule has 2 aromatic rings. The van der Waals surface area contributed by atoms with Gasteiger partial charge in [-0.05, 0) is 29.2 Å². The highest BCUT2D eigenvalue weighted by atomic mass is 32.2. The molecule has 0 saturated carbocycles. The first-order valence-corrected chi connectivity index (χ1v) is 9.89. The quantitative estimate of drug-likeness (QED) is 0.853. The molecule has 6 nitrogen and oxygen atoms in total. The van der Waals surface area contributed by atoms with Crippen molar-refractivity contribution in [3.05, 3.63) is 59.5 Å². The van der Waals surface area contributed by atoms with E-state index >= 15 is 0 Å². The minimum absolute atomic E-state index is 0.126. The molecule has 0 aliphatic carbocycles. The fraction of sp³-hybridized carbons (Fsp3) is 0.444. The summed E-state index contributed by atoms with van der Waals surface area (Å²) in [5.74, 6) is 1.01. The van der Waals surface area contributed by atoms with Gasteiger partial charge in [0.2, 0.25) is 10.0 Å². The van der Waals surface area contributed by atoms with Gasteiger partial charge >= 0.3 is 0 Å². The van der Waals surface area contributed by atoms with E-state index in [0.29, 0.717) is 11.7 Å². The van der Waals surface area contributed by atoms with Gasteiger partial charge in [0, 0.05) is 7.05 Å². The van der Waals surface area contributed by atoms with Gasteiger partial charge in [0.15, 0.2) is 0 Å². The lowest BCUT2D eigenvalue weighted by Crippen LogP contribution is -2.39. The lowest BCUT2D eigenvalue weighted by atomic mass is 9.98. The van der Waals surface area contributed by atoms with Gasteiger partial charge in [-0.15, -0.1) is 0 Å². The minimum Gasteiger partial charge on any atom is -0.468 e. The third kappa shape index (κ3) is 3.95. The van der Waals surface area contributed by atoms with E-state index in [1.54, 1.807) is 24.2 Å². The van der Waals surface area contributed by atoms with Crippen LogP contribution in [0.5, 0.6) is 0 Å². The molecular formula is C18H24N2O4S. The number of benzene rings is 1. The lowest BCUT2D eigenvalue weighted by Gasteiger charge is -2.23. The molecular weight excluding hydrogens is 340 g/mol. The minimum atomic E-state index is -3.57. The topological polar surface area (TPSA) is 71.8 Å². The number of nitrogens with one attached hydrogen (secondary N) is 1. The third-order valence-corrected chi connectivity index (χ3v) is 6.29. The Labute approximate surface area is 148 Å². The molecule has 0 radical (unpaired) electrons. The Hall–Kier alpha value is -1.67. The molecule has 0 amide bonds. The molecule has 3 rings (SSSR count). The zero-order valence-electron chi connectivity index (χ0n) is 14.7. The second kappa shape index (κ2) is 7.29. The smallest absolute Gasteiger partial charge is 0.219 e. The molecule has 2 atom stereocenters. The van der Waals surface area contributed by atoms with Crippen molar-refractivity contribution >= 4 is 10.0 Å². The largest absolute Gasteiger partial charge is 0.468 e. The number of furan rings is 1. The van der Waals surface area contributed by atoms with Crippen molar-refractivity contribution in [3.8, 4) is 0 Å². The van der Waals surface area contributed by atoms with Gasteiger partial charge in [0.25, 0.3) is 0 Å². The zero-order chi connectivity index (χ0) is 18.0. The zero-order valence-corrected chi connectivity index (χ0v) is 15.5. The van der Waals surface area contributed by atoms with E-state index in [1.807, 2.05) is 24.3 Å². The second-order valence-corrected chi connectivity index (χ2v) is 8.58. The van der Waals surface area contributed by atoms with E-state index in [-0.39, 0.29) is 19.2 Å². The van der Waals surface area contributed by atoms with E-state index in [0.717, 1.165) is 5.56 Å². The highest BCUT2D eigenvalue weighted by molar-refractivity contribution is 7.90. The van der Waals surface area contributed by atoms with Crippen LogP contribution in [-0.2, 0) is 21.4 Å². The Morgan fingerprint density at radius 3 is 2.56 bits per heavy atom. The fourth-order valence-corrected chi connectivity index (χ4v) is 4.52. The van der Waals surface area contributed by atoms with Gasteiger partial charge in [0.1, 0.15) is 11.0 Å². The molecule has 1 aliphatic heterocycles. The molecule has 2 heterocycles. The summed E-state index contributed by atoms with van der Waals surface area (Å²) in [5, 5.41) is 0.943. The van der Waals surface area contributed by atoms with Crippen molar-refractivity contribution in [2.75, 3.05) is 13.7 Å². The molecule has 1 saturated heterocycles. The van der Waals surface area contributed by atoms with Crippen LogP contribution in [0.15, 0.2) is 47.1 Å². The Bertz CT molecular complexity index is 785. The van der Waals surface area contributed by atoms with E-state index < -0.39 is 15.3 Å². The van der Waals surface area contributed by atoms with E-state index in [2.05, 4.69) is 18.6 Å². The Morgan fingerprint density at radius 2 is 1.96 bits per heavy atom. The first-order valence-electron chi connectivity index (χ1n) is 8.35. The number of hydroxylamine groups is 2. The maximum Gasteiger partial charge on any atom is 0.219 e. The van der Waals surface area contributed by atoms with Gasteiger partial charge in [0.05, 0.1) is 25.5 Å². The summed E-state index contributed by atoms with van der Waals surface area (Å²) < 4.78 is 33.4. The number of rotatable bonds is 6. The SMILES string of the molecule is CC(C)c1ccc([C@H]2[C@@H](S(=O)(=O)NCc3ccco3)CON2C)cc1. The normalized spacial score (nSPS) is 21.9. The average Bonchev–Trinajstić information content (AvgIpc) is 3.23. The van der Waals surface area contributed by atoms with Crippen LogP contribution in [0.2, 0.25) is 0 Å². The summed E-state index contributed by atoms with van der Waals surface area (Å²) in [4.78, 5) is 5.52. The number of hydrogen-bond donors (Lipinski definition) is 1. The summed E-state index contributed by atoms with van der Waals surface area (Å²) >= 11 is 0. The lowest BCUT2D eigenvalue weighted by molar-refractivity contribution is -0.110. The number of hydrogen-bond acceptors (Lipinski definition) is 5. The first-order chi connectivity index (χ1) is 11.9. The van der Waals surface area contributed by atoms with Gasteiger partial charge in [-0.3, -0.25) is 4.84 Å². The van der Waals surface area contributed by atoms with Crippen LogP contribution in [0.25, 0.3) is 0 Å². The van der Waals surface area contributed by atoms with E-state index in [1.165, 1.54) is 11.8 Å². The molecule has 1 fully saturated rings. The standard InChI is InChI=1S/C18H24N2O4S/c1-13(2)14-6-8-15(9-7-14)18-17(12-24-20(18)3)25(21,22)19-11-16-5-4-10-23-16/h4-10,13,17-19H,11-12H2,1-3H3/t17-,18-/m0/s1. The highest BCUT2D eigenvalue weighted by Gasteiger charge is 2.43. The van der Waals surface area contributed by atoms with Gasteiger partial charge in [-0.1, -0.05) is 38.1 Å². The van der Waals surface area contributed by atoms with Crippen LogP contribution in [-0.4, -0.2) is 32.4 Å². The maximum atomic E-state index is 12.8. The monoisotopic (exact) mass is 364 g/mol. The third-order valence-electron chi connectivity index (χ3n) is 4.56. The molecule has 0 unspecified atom stereocenters.